The summed E-state index contributed by atoms with van der Waals surface area (Å²) >= 11 is 0. The quantitative estimate of drug-likeness (QED) is 0.756. The van der Waals surface area contributed by atoms with Crippen LogP contribution in [0.4, 0.5) is 11.6 Å². The monoisotopic (exact) mass is 369 g/mol. The van der Waals surface area contributed by atoms with Crippen molar-refractivity contribution in [3.8, 4) is 0 Å². The highest BCUT2D eigenvalue weighted by atomic mass is 16.1. The van der Waals surface area contributed by atoms with Gasteiger partial charge in [0.15, 0.2) is 0 Å². The van der Waals surface area contributed by atoms with Crippen molar-refractivity contribution in [2.45, 2.75) is 25.8 Å². The van der Waals surface area contributed by atoms with E-state index in [-0.39, 0.29) is 5.56 Å². The zero-order valence-electron chi connectivity index (χ0n) is 16.1. The molecule has 144 valence electrons. The van der Waals surface area contributed by atoms with E-state index < -0.39 is 0 Å². The van der Waals surface area contributed by atoms with E-state index in [0.717, 1.165) is 74.9 Å². The molecule has 1 saturated heterocycles. The van der Waals surface area contributed by atoms with E-state index in [1.807, 2.05) is 25.1 Å². The van der Waals surface area contributed by atoms with Crippen LogP contribution in [0.25, 0.3) is 0 Å². The molecule has 3 heterocycles. The van der Waals surface area contributed by atoms with Gasteiger partial charge in [-0.3, -0.25) is 9.69 Å². The number of aryl methyl sites for hydroxylation is 2. The third-order valence-corrected chi connectivity index (χ3v) is 5.44. The lowest BCUT2D eigenvalue weighted by Crippen LogP contribution is -2.48. The van der Waals surface area contributed by atoms with Gasteiger partial charge in [-0.15, -0.1) is 0 Å². The van der Waals surface area contributed by atoms with Crippen molar-refractivity contribution >= 4 is 11.6 Å². The van der Waals surface area contributed by atoms with Crippen molar-refractivity contribution < 1.29 is 0 Å². The zero-order chi connectivity index (χ0) is 18.8. The molecule has 0 radical (unpaired) electrons. The van der Waals surface area contributed by atoms with E-state index in [4.69, 9.17) is 0 Å². The van der Waals surface area contributed by atoms with Crippen LogP contribution < -0.4 is 15.4 Å². The number of fused-ring (bicyclic) bond motifs is 1. The Morgan fingerprint density at radius 1 is 1.04 bits per heavy atom. The molecule has 2 aromatic rings. The highest BCUT2D eigenvalue weighted by molar-refractivity contribution is 5.49. The highest BCUT2D eigenvalue weighted by Crippen LogP contribution is 2.18. The van der Waals surface area contributed by atoms with Crippen LogP contribution in [0, 0.1) is 0 Å². The summed E-state index contributed by atoms with van der Waals surface area (Å²) in [6.45, 7) is 5.28. The van der Waals surface area contributed by atoms with Crippen LogP contribution in [0.5, 0.6) is 0 Å². The molecule has 0 bridgehead atoms. The molecule has 0 atom stereocenters. The first kappa shape index (κ1) is 17.9. The maximum absolute atomic E-state index is 12.2. The molecule has 2 aliphatic rings. The summed E-state index contributed by atoms with van der Waals surface area (Å²) in [6.07, 6.45) is 4.75. The normalized spacial score (nSPS) is 17.2. The largest absolute Gasteiger partial charge is 0.363 e. The van der Waals surface area contributed by atoms with Crippen LogP contribution in [-0.4, -0.2) is 71.5 Å². The molecule has 0 spiro atoms. The van der Waals surface area contributed by atoms with E-state index >= 15 is 0 Å². The Labute approximate surface area is 159 Å². The molecule has 27 heavy (non-hydrogen) atoms. The topological polar surface area (TPSA) is 70.4 Å². The lowest BCUT2D eigenvalue weighted by Gasteiger charge is -2.35. The van der Waals surface area contributed by atoms with Crippen LogP contribution in [0.15, 0.2) is 23.3 Å². The predicted octanol–water partition coefficient (Wildman–Crippen LogP) is 0.410. The summed E-state index contributed by atoms with van der Waals surface area (Å²) in [6, 6.07) is 3.81. The minimum Gasteiger partial charge on any atom is -0.363 e. The molecule has 2 aromatic heterocycles. The van der Waals surface area contributed by atoms with E-state index in [2.05, 4.69) is 24.9 Å². The van der Waals surface area contributed by atoms with Crippen molar-refractivity contribution in [2.75, 3.05) is 56.6 Å². The number of anilines is 2. The van der Waals surface area contributed by atoms with Crippen molar-refractivity contribution in [1.29, 1.82) is 0 Å². The summed E-state index contributed by atoms with van der Waals surface area (Å²) in [4.78, 5) is 27.6. The molecule has 0 amide bonds. The predicted molar refractivity (Wildman–Crippen MR) is 106 cm³/mol. The number of piperazine rings is 1. The number of hydrogen-bond donors (Lipinski definition) is 0. The van der Waals surface area contributed by atoms with Gasteiger partial charge in [-0.05, 0) is 24.8 Å². The molecule has 8 nitrogen and oxygen atoms in total. The number of hydrogen-bond acceptors (Lipinski definition) is 7. The molecule has 0 saturated carbocycles. The second kappa shape index (κ2) is 7.64. The average molecular weight is 369 g/mol. The van der Waals surface area contributed by atoms with E-state index in [0.29, 0.717) is 6.54 Å². The molecule has 1 aliphatic heterocycles. The van der Waals surface area contributed by atoms with Gasteiger partial charge in [-0.2, -0.15) is 5.10 Å². The Bertz CT molecular complexity index is 855. The summed E-state index contributed by atoms with van der Waals surface area (Å²) in [5, 5.41) is 4.57. The summed E-state index contributed by atoms with van der Waals surface area (Å²) in [5.41, 5.74) is 2.29. The second-order valence-corrected chi connectivity index (χ2v) is 7.49. The van der Waals surface area contributed by atoms with Crippen molar-refractivity contribution in [2.24, 2.45) is 0 Å². The molecule has 1 aliphatic carbocycles. The van der Waals surface area contributed by atoms with Crippen LogP contribution in [0.3, 0.4) is 0 Å². The Morgan fingerprint density at radius 3 is 2.63 bits per heavy atom. The van der Waals surface area contributed by atoms with Crippen LogP contribution in [0.1, 0.15) is 17.7 Å². The summed E-state index contributed by atoms with van der Waals surface area (Å²) in [5.74, 6) is 1.90. The Balaban J connectivity index is 1.32. The number of nitrogens with zero attached hydrogens (tertiary/aromatic N) is 7. The highest BCUT2D eigenvalue weighted by Gasteiger charge is 2.19. The summed E-state index contributed by atoms with van der Waals surface area (Å²) in [7, 11) is 3.97. The smallest absolute Gasteiger partial charge is 0.267 e. The van der Waals surface area contributed by atoms with Gasteiger partial charge in [0.05, 0.1) is 12.2 Å². The fraction of sp³-hybridized carbons (Fsp3) is 0.579. The molecule has 1 fully saturated rings. The van der Waals surface area contributed by atoms with Crippen molar-refractivity contribution in [3.05, 3.63) is 40.1 Å². The fourth-order valence-corrected chi connectivity index (χ4v) is 3.79. The second-order valence-electron chi connectivity index (χ2n) is 7.49. The Hall–Kier alpha value is -2.48. The first-order valence-electron chi connectivity index (χ1n) is 9.67. The Morgan fingerprint density at radius 2 is 1.85 bits per heavy atom. The molecular formula is C19H27N7O. The molecule has 4 rings (SSSR count). The SMILES string of the molecule is CN(C)c1cc(N2CCN(CCn3nc4c(cc3=O)CCC4)CC2)ncn1. The van der Waals surface area contributed by atoms with E-state index in [9.17, 15) is 4.79 Å². The van der Waals surface area contributed by atoms with Gasteiger partial charge in [-0.25, -0.2) is 14.6 Å². The molecule has 8 heteroatoms. The standard InChI is InChI=1S/C19H27N7O/c1-23(2)17-13-18(21-14-20-17)25-9-6-24(7-10-25)8-11-26-19(27)12-15-4-3-5-16(15)22-26/h12-14H,3-11H2,1-2H3. The van der Waals surface area contributed by atoms with Gasteiger partial charge in [0.1, 0.15) is 18.0 Å². The van der Waals surface area contributed by atoms with Gasteiger partial charge >= 0.3 is 0 Å². The number of rotatable bonds is 5. The lowest BCUT2D eigenvalue weighted by atomic mass is 10.2. The molecule has 0 unspecified atom stereocenters. The third kappa shape index (κ3) is 3.95. The van der Waals surface area contributed by atoms with Gasteiger partial charge in [0.25, 0.3) is 5.56 Å². The Kier molecular flexibility index (Phi) is 5.07. The van der Waals surface area contributed by atoms with Crippen LogP contribution in [0.2, 0.25) is 0 Å². The van der Waals surface area contributed by atoms with Crippen LogP contribution >= 0.6 is 0 Å². The zero-order valence-corrected chi connectivity index (χ0v) is 16.1. The summed E-state index contributed by atoms with van der Waals surface area (Å²) < 4.78 is 1.64. The van der Waals surface area contributed by atoms with Gasteiger partial charge < -0.3 is 9.80 Å². The fourth-order valence-electron chi connectivity index (χ4n) is 3.79. The van der Waals surface area contributed by atoms with Crippen molar-refractivity contribution in [3.63, 3.8) is 0 Å². The van der Waals surface area contributed by atoms with Gasteiger partial charge in [0.2, 0.25) is 0 Å². The van der Waals surface area contributed by atoms with E-state index in [1.54, 1.807) is 17.1 Å². The first-order chi connectivity index (χ1) is 13.1. The minimum atomic E-state index is 0.0338. The van der Waals surface area contributed by atoms with Crippen molar-refractivity contribution in [1.82, 2.24) is 24.6 Å². The maximum atomic E-state index is 12.2. The van der Waals surface area contributed by atoms with Gasteiger partial charge in [0, 0.05) is 59.0 Å². The van der Waals surface area contributed by atoms with E-state index in [1.165, 1.54) is 0 Å². The minimum absolute atomic E-state index is 0.0338. The maximum Gasteiger partial charge on any atom is 0.267 e. The van der Waals surface area contributed by atoms with Crippen LogP contribution in [-0.2, 0) is 19.4 Å². The first-order valence-corrected chi connectivity index (χ1v) is 9.67. The third-order valence-electron chi connectivity index (χ3n) is 5.44. The average Bonchev–Trinajstić information content (AvgIpc) is 3.13. The number of aromatic nitrogens is 4. The molecular weight excluding hydrogens is 342 g/mol. The molecule has 0 N–H and O–H groups in total. The lowest BCUT2D eigenvalue weighted by molar-refractivity contribution is 0.242. The van der Waals surface area contributed by atoms with Gasteiger partial charge in [-0.1, -0.05) is 0 Å². The molecule has 0 aromatic carbocycles.